The summed E-state index contributed by atoms with van der Waals surface area (Å²) in [5, 5.41) is 0. The fourth-order valence-electron chi connectivity index (χ4n) is 2.73. The van der Waals surface area contributed by atoms with Crippen LogP contribution in [0.5, 0.6) is 0 Å². The minimum atomic E-state index is -1.39. The molecule has 0 saturated heterocycles. The van der Waals surface area contributed by atoms with E-state index in [-0.39, 0.29) is 0 Å². The lowest BCUT2D eigenvalue weighted by molar-refractivity contribution is 0.925. The molecule has 1 aliphatic rings. The van der Waals surface area contributed by atoms with Gasteiger partial charge in [-0.1, -0.05) is 72.9 Å². The maximum Gasteiger partial charge on any atom is 0.139 e. The molecule has 0 fully saturated rings. The Bertz CT molecular complexity index is 304. The van der Waals surface area contributed by atoms with Crippen molar-refractivity contribution in [1.29, 1.82) is 0 Å². The van der Waals surface area contributed by atoms with E-state index in [1.54, 1.807) is 17.6 Å². The quantitative estimate of drug-likeness (QED) is 0.374. The Morgan fingerprint density at radius 1 is 0.800 bits per heavy atom. The summed E-state index contributed by atoms with van der Waals surface area (Å²) in [7, 11) is -1.39. The van der Waals surface area contributed by atoms with E-state index in [0.717, 1.165) is 11.1 Å². The van der Waals surface area contributed by atoms with Gasteiger partial charge in [-0.25, -0.2) is 0 Å². The van der Waals surface area contributed by atoms with E-state index in [1.807, 2.05) is 0 Å². The van der Waals surface area contributed by atoms with Crippen molar-refractivity contribution in [3.63, 3.8) is 0 Å². The summed E-state index contributed by atoms with van der Waals surface area (Å²) < 4.78 is 3.40. The van der Waals surface area contributed by atoms with E-state index in [0.29, 0.717) is 0 Å². The predicted molar refractivity (Wildman–Crippen MR) is 89.4 cm³/mol. The Morgan fingerprint density at radius 3 is 1.20 bits per heavy atom. The van der Waals surface area contributed by atoms with Gasteiger partial charge in [0.25, 0.3) is 0 Å². The first-order valence-corrected chi connectivity index (χ1v) is 9.83. The number of allylic oxidation sites excluding steroid dienone is 2. The molecular weight excluding hydrogens is 426 g/mol. The normalized spacial score (nSPS) is 21.2. The molecule has 0 radical (unpaired) electrons. The molecule has 15 heavy (non-hydrogen) atoms. The molecule has 1 heterocycles. The zero-order valence-corrected chi connectivity index (χ0v) is 15.7. The van der Waals surface area contributed by atoms with E-state index in [1.165, 1.54) is 0 Å². The highest BCUT2D eigenvalue weighted by Gasteiger charge is 2.49. The molecule has 0 saturated carbocycles. The molecular formula is C12H20I2Si. The summed E-state index contributed by atoms with van der Waals surface area (Å²) in [6.45, 7) is 14.3. The van der Waals surface area contributed by atoms with Crippen molar-refractivity contribution in [2.45, 2.75) is 52.6 Å². The van der Waals surface area contributed by atoms with E-state index in [9.17, 15) is 0 Å². The van der Waals surface area contributed by atoms with Crippen molar-refractivity contribution in [2.24, 2.45) is 0 Å². The van der Waals surface area contributed by atoms with Crippen LogP contribution < -0.4 is 0 Å². The highest BCUT2D eigenvalue weighted by Crippen LogP contribution is 2.55. The Balaban J connectivity index is 3.46. The molecule has 0 bridgehead atoms. The van der Waals surface area contributed by atoms with E-state index in [2.05, 4.69) is 86.7 Å². The number of hydrogen-bond acceptors (Lipinski definition) is 0. The molecule has 0 N–H and O–H groups in total. The molecule has 0 aromatic heterocycles. The first-order valence-electron chi connectivity index (χ1n) is 5.51. The molecule has 0 aromatic rings. The average molecular weight is 446 g/mol. The van der Waals surface area contributed by atoms with Crippen LogP contribution in [0.3, 0.4) is 0 Å². The van der Waals surface area contributed by atoms with Gasteiger partial charge in [0.15, 0.2) is 0 Å². The molecule has 0 atom stereocenters. The first kappa shape index (κ1) is 14.2. The Kier molecular flexibility index (Phi) is 4.55. The van der Waals surface area contributed by atoms with E-state index < -0.39 is 8.07 Å². The molecule has 0 amide bonds. The fraction of sp³-hybridized carbons (Fsp3) is 0.667. The molecule has 1 rings (SSSR count). The van der Waals surface area contributed by atoms with Crippen LogP contribution in [0, 0.1) is 0 Å². The minimum Gasteiger partial charge on any atom is -0.0645 e. The molecule has 0 aromatic carbocycles. The van der Waals surface area contributed by atoms with Crippen LogP contribution >= 0.6 is 45.2 Å². The van der Waals surface area contributed by atoms with Crippen molar-refractivity contribution >= 4 is 53.3 Å². The van der Waals surface area contributed by atoms with Gasteiger partial charge in [0.2, 0.25) is 0 Å². The molecule has 0 spiro atoms. The fourth-order valence-corrected chi connectivity index (χ4v) is 19.3. The van der Waals surface area contributed by atoms with Crippen molar-refractivity contribution < 1.29 is 0 Å². The van der Waals surface area contributed by atoms with E-state index in [4.69, 9.17) is 0 Å². The Morgan fingerprint density at radius 2 is 1.07 bits per heavy atom. The van der Waals surface area contributed by atoms with Gasteiger partial charge in [-0.3, -0.25) is 0 Å². The molecule has 3 heteroatoms. The minimum absolute atomic E-state index is 0.809. The number of halogens is 2. The van der Waals surface area contributed by atoms with Crippen molar-refractivity contribution in [1.82, 2.24) is 0 Å². The maximum absolute atomic E-state index is 2.63. The zero-order chi connectivity index (χ0) is 12.0. The summed E-state index contributed by atoms with van der Waals surface area (Å²) in [6.07, 6.45) is 0. The molecule has 1 aliphatic heterocycles. The van der Waals surface area contributed by atoms with Gasteiger partial charge in [-0.15, -0.1) is 0 Å². The zero-order valence-electron chi connectivity index (χ0n) is 10.4. The van der Waals surface area contributed by atoms with Crippen LogP contribution in [-0.4, -0.2) is 8.07 Å². The molecule has 0 aliphatic carbocycles. The SMILES string of the molecule is CC1=C(I)[Si](C(C)C)(C(C)C)C(I)=C1C. The predicted octanol–water partition coefficient (Wildman–Crippen LogP) is 5.77. The first-order chi connectivity index (χ1) is 6.77. The van der Waals surface area contributed by atoms with Gasteiger partial charge in [-0.05, 0) is 42.5 Å². The second-order valence-electron chi connectivity index (χ2n) is 5.06. The summed E-state index contributed by atoms with van der Waals surface area (Å²) in [4.78, 5) is 0. The van der Waals surface area contributed by atoms with Crippen LogP contribution in [-0.2, 0) is 0 Å². The molecule has 0 nitrogen and oxygen atoms in total. The van der Waals surface area contributed by atoms with Crippen LogP contribution in [0.1, 0.15) is 41.5 Å². The third-order valence-corrected chi connectivity index (χ3v) is 16.6. The lowest BCUT2D eigenvalue weighted by atomic mass is 10.2. The number of rotatable bonds is 2. The second kappa shape index (κ2) is 4.80. The van der Waals surface area contributed by atoms with Crippen LogP contribution in [0.4, 0.5) is 0 Å². The van der Waals surface area contributed by atoms with Gasteiger partial charge in [-0.2, -0.15) is 0 Å². The molecule has 0 unspecified atom stereocenters. The summed E-state index contributed by atoms with van der Waals surface area (Å²) >= 11 is 5.26. The third kappa shape index (κ3) is 1.90. The lowest BCUT2D eigenvalue weighted by Gasteiger charge is -2.37. The van der Waals surface area contributed by atoms with Gasteiger partial charge >= 0.3 is 0 Å². The van der Waals surface area contributed by atoms with Crippen molar-refractivity contribution in [2.75, 3.05) is 0 Å². The van der Waals surface area contributed by atoms with Crippen LogP contribution in [0.15, 0.2) is 17.6 Å². The highest BCUT2D eigenvalue weighted by molar-refractivity contribution is 14.1. The summed E-state index contributed by atoms with van der Waals surface area (Å²) in [5.41, 5.74) is 4.75. The van der Waals surface area contributed by atoms with Crippen LogP contribution in [0.25, 0.3) is 0 Å². The third-order valence-electron chi connectivity index (χ3n) is 3.77. The van der Waals surface area contributed by atoms with Crippen molar-refractivity contribution in [3.05, 3.63) is 17.6 Å². The van der Waals surface area contributed by atoms with E-state index >= 15 is 0 Å². The van der Waals surface area contributed by atoms with Gasteiger partial charge in [0.1, 0.15) is 8.07 Å². The van der Waals surface area contributed by atoms with Gasteiger partial charge in [0.05, 0.1) is 0 Å². The molecule has 86 valence electrons. The largest absolute Gasteiger partial charge is 0.139 e. The topological polar surface area (TPSA) is 0 Å². The standard InChI is InChI=1S/C12H20I2Si/c1-7(2)15(8(3)4)11(13)9(5)10(6)12(15)14/h7-8H,1-6H3. The Hall–Kier alpha value is 1.16. The average Bonchev–Trinajstić information content (AvgIpc) is 2.29. The Labute approximate surface area is 122 Å². The summed E-state index contributed by atoms with van der Waals surface area (Å²) in [5.74, 6) is 0. The monoisotopic (exact) mass is 446 g/mol. The second-order valence-corrected chi connectivity index (χ2v) is 14.3. The number of hydrogen-bond donors (Lipinski definition) is 0. The smallest absolute Gasteiger partial charge is 0.0645 e. The summed E-state index contributed by atoms with van der Waals surface area (Å²) in [6, 6.07) is 0. The van der Waals surface area contributed by atoms with Gasteiger partial charge in [0, 0.05) is 0 Å². The van der Waals surface area contributed by atoms with Crippen molar-refractivity contribution in [3.8, 4) is 0 Å². The van der Waals surface area contributed by atoms with Crippen LogP contribution in [0.2, 0.25) is 11.1 Å². The maximum atomic E-state index is 2.63. The lowest BCUT2D eigenvalue weighted by Crippen LogP contribution is -2.41. The highest BCUT2D eigenvalue weighted by atomic mass is 127. The van der Waals surface area contributed by atoms with Gasteiger partial charge < -0.3 is 0 Å².